The maximum absolute atomic E-state index is 13.1. The van der Waals surface area contributed by atoms with Gasteiger partial charge >= 0.3 is 39.5 Å². The van der Waals surface area contributed by atoms with Gasteiger partial charge in [0.05, 0.1) is 26.4 Å². The predicted molar refractivity (Wildman–Crippen MR) is 408 cm³/mol. The van der Waals surface area contributed by atoms with E-state index in [0.29, 0.717) is 32.1 Å². The minimum atomic E-state index is -4.99. The van der Waals surface area contributed by atoms with Crippen LogP contribution in [0, 0.1) is 0 Å². The fourth-order valence-electron chi connectivity index (χ4n) is 9.50. The van der Waals surface area contributed by atoms with Crippen molar-refractivity contribution in [2.24, 2.45) is 0 Å². The van der Waals surface area contributed by atoms with Crippen LogP contribution in [0.15, 0.2) is 146 Å². The van der Waals surface area contributed by atoms with Crippen LogP contribution >= 0.6 is 15.6 Å². The highest BCUT2D eigenvalue weighted by Gasteiger charge is 2.30. The van der Waals surface area contributed by atoms with E-state index in [4.69, 9.17) is 37.0 Å². The Balaban J connectivity index is 5.38. The average Bonchev–Trinajstić information content (AvgIpc) is 0.939. The van der Waals surface area contributed by atoms with Crippen molar-refractivity contribution in [3.05, 3.63) is 146 Å². The Hall–Kier alpha value is -5.06. The van der Waals surface area contributed by atoms with Crippen molar-refractivity contribution in [1.29, 1.82) is 0 Å². The van der Waals surface area contributed by atoms with Crippen molar-refractivity contribution in [2.45, 2.75) is 303 Å². The summed E-state index contributed by atoms with van der Waals surface area (Å²) in [6, 6.07) is 0. The lowest BCUT2D eigenvalue weighted by Crippen LogP contribution is -2.30. The molecule has 0 saturated carbocycles. The minimum absolute atomic E-state index is 0.0623. The van der Waals surface area contributed by atoms with Crippen LogP contribution in [0.3, 0.4) is 0 Å². The molecular weight excluding hydrogens is 1310 g/mol. The first kappa shape index (κ1) is 94.9. The minimum Gasteiger partial charge on any atom is -0.462 e. The fourth-order valence-corrected chi connectivity index (χ4v) is 11.1. The quantitative estimate of drug-likeness (QED) is 0.0169. The summed E-state index contributed by atoms with van der Waals surface area (Å²) in [6.07, 6.45) is 81.4. The summed E-state index contributed by atoms with van der Waals surface area (Å²) in [4.78, 5) is 72.8. The molecule has 19 heteroatoms. The van der Waals surface area contributed by atoms with E-state index < -0.39 is 97.5 Å². The molecule has 5 unspecified atom stereocenters. The summed E-state index contributed by atoms with van der Waals surface area (Å²) in [5.74, 6) is -2.29. The zero-order valence-electron chi connectivity index (χ0n) is 62.1. The van der Waals surface area contributed by atoms with Gasteiger partial charge in [-0.3, -0.25) is 37.3 Å². The van der Waals surface area contributed by atoms with Gasteiger partial charge in [0.1, 0.15) is 19.3 Å². The molecule has 0 heterocycles. The Morgan fingerprint density at radius 1 is 0.290 bits per heavy atom. The molecule has 0 radical (unpaired) electrons. The van der Waals surface area contributed by atoms with Gasteiger partial charge in [-0.25, -0.2) is 9.13 Å². The first-order chi connectivity index (χ1) is 48.7. The molecule has 0 bridgehead atoms. The molecule has 570 valence electrons. The number of aliphatic hydroxyl groups excluding tert-OH is 1. The summed E-state index contributed by atoms with van der Waals surface area (Å²) < 4.78 is 68.3. The first-order valence-corrected chi connectivity index (χ1v) is 41.1. The van der Waals surface area contributed by atoms with Crippen LogP contribution in [0.5, 0.6) is 0 Å². The van der Waals surface area contributed by atoms with Crippen LogP contribution < -0.4 is 0 Å². The average molecular weight is 1440 g/mol. The van der Waals surface area contributed by atoms with Gasteiger partial charge in [0.15, 0.2) is 12.2 Å². The molecule has 17 nitrogen and oxygen atoms in total. The van der Waals surface area contributed by atoms with E-state index in [1.54, 1.807) is 0 Å². The number of ether oxygens (including phenoxy) is 4. The molecule has 0 amide bonds. The normalized spacial score (nSPS) is 14.8. The van der Waals surface area contributed by atoms with Crippen LogP contribution in [-0.2, 0) is 65.4 Å². The van der Waals surface area contributed by atoms with Crippen molar-refractivity contribution in [2.75, 3.05) is 39.6 Å². The van der Waals surface area contributed by atoms with Crippen LogP contribution in [0.1, 0.15) is 285 Å². The van der Waals surface area contributed by atoms with E-state index in [-0.39, 0.29) is 25.7 Å². The second-order valence-electron chi connectivity index (χ2n) is 24.8. The highest BCUT2D eigenvalue weighted by Crippen LogP contribution is 2.45. The molecule has 3 N–H and O–H groups in total. The molecule has 0 aromatic rings. The third-order valence-corrected chi connectivity index (χ3v) is 17.2. The largest absolute Gasteiger partial charge is 0.472 e. The van der Waals surface area contributed by atoms with Gasteiger partial charge in [0.25, 0.3) is 0 Å². The lowest BCUT2D eigenvalue weighted by molar-refractivity contribution is -0.161. The maximum atomic E-state index is 13.1. The number of phosphoric ester groups is 2. The van der Waals surface area contributed by atoms with Crippen LogP contribution in [0.25, 0.3) is 0 Å². The number of carbonyl (C=O) groups is 4. The van der Waals surface area contributed by atoms with Crippen LogP contribution in [0.2, 0.25) is 0 Å². The van der Waals surface area contributed by atoms with Gasteiger partial charge in [0, 0.05) is 25.7 Å². The van der Waals surface area contributed by atoms with E-state index in [9.17, 15) is 43.2 Å². The van der Waals surface area contributed by atoms with Crippen molar-refractivity contribution >= 4 is 39.5 Å². The number of hydrogen-bond acceptors (Lipinski definition) is 15. The highest BCUT2D eigenvalue weighted by atomic mass is 31.2. The van der Waals surface area contributed by atoms with E-state index in [2.05, 4.69) is 161 Å². The molecule has 100 heavy (non-hydrogen) atoms. The molecule has 0 aliphatic carbocycles. The second kappa shape index (κ2) is 72.3. The Bertz CT molecular complexity index is 2470. The van der Waals surface area contributed by atoms with Crippen molar-refractivity contribution in [3.63, 3.8) is 0 Å². The van der Waals surface area contributed by atoms with Gasteiger partial charge in [-0.05, 0) is 148 Å². The second-order valence-corrected chi connectivity index (χ2v) is 27.7. The Labute approximate surface area is 605 Å². The third kappa shape index (κ3) is 71.3. The smallest absolute Gasteiger partial charge is 0.462 e. The van der Waals surface area contributed by atoms with Gasteiger partial charge < -0.3 is 33.8 Å². The van der Waals surface area contributed by atoms with Crippen molar-refractivity contribution < 1.29 is 80.2 Å². The molecule has 0 saturated heterocycles. The third-order valence-electron chi connectivity index (χ3n) is 15.2. The zero-order valence-corrected chi connectivity index (χ0v) is 63.9. The lowest BCUT2D eigenvalue weighted by Gasteiger charge is -2.21. The van der Waals surface area contributed by atoms with Crippen LogP contribution in [-0.4, -0.2) is 96.7 Å². The van der Waals surface area contributed by atoms with E-state index >= 15 is 0 Å². The van der Waals surface area contributed by atoms with Gasteiger partial charge in [0.2, 0.25) is 0 Å². The van der Waals surface area contributed by atoms with Crippen molar-refractivity contribution in [3.8, 4) is 0 Å². The molecule has 0 spiro atoms. The summed E-state index contributed by atoms with van der Waals surface area (Å²) in [5, 5.41) is 10.6. The molecule has 0 aromatic heterocycles. The SMILES string of the molecule is CC/C=C\C/C=C\C/C=C\C/C=C\C/C=C\CCCC(=O)OCC(COP(=O)(O)OCC(O)COP(=O)(O)OCC(COC(=O)CCCCCCCC/C=C\C/C=C\C/C=C\C/C=C\CC)OC(=O)CCCCCCC/C=C\CCCC)OC(=O)CCCCCCC/C=C\C/C=C\CCC. The number of aliphatic hydroxyl groups is 1. The van der Waals surface area contributed by atoms with E-state index in [0.717, 1.165) is 186 Å². The predicted octanol–water partition coefficient (Wildman–Crippen LogP) is 21.9. The number of esters is 4. The molecule has 0 rings (SSSR count). The summed E-state index contributed by atoms with van der Waals surface area (Å²) >= 11 is 0. The standard InChI is InChI=1S/C81H134O17P2/c1-5-9-13-17-21-25-29-32-34-36-37-39-41-44-47-50-54-58-62-66-78(83)91-71-76(97-80(85)67-63-59-55-51-45-28-24-20-16-12-8-4)73-95-99(87,88)93-69-75(82)70-94-100(89,90)96-74-77(98-81(86)68-64-60-56-52-48-42-31-27-23-19-15-11-7-3)72-92-79(84)65-61-57-53-49-46-43-40-38-35-33-30-26-22-18-14-10-6-2/h9-10,13-15,19-22,24-27,31-35,37,39-40,43,49,53,75-77,82H,5-8,11-12,16-18,23,28-30,36,38,41-42,44-48,50-52,54-74H2,1-4H3,(H,87,88)(H,89,90)/b13-9-,14-10-,19-15-,24-20-,25-21-,26-22-,31-27-,34-32-,35-33-,39-37-,43-40-,53-49-. The Kier molecular flexibility index (Phi) is 68.6. The van der Waals surface area contributed by atoms with Crippen molar-refractivity contribution in [1.82, 2.24) is 0 Å². The summed E-state index contributed by atoms with van der Waals surface area (Å²) in [6.45, 7) is 4.42. The van der Waals surface area contributed by atoms with E-state index in [1.165, 1.54) is 12.8 Å². The number of allylic oxidation sites excluding steroid dienone is 24. The Morgan fingerprint density at radius 2 is 0.550 bits per heavy atom. The fraction of sp³-hybridized carbons (Fsp3) is 0.654. The molecule has 0 fully saturated rings. The van der Waals surface area contributed by atoms with Crippen LogP contribution in [0.4, 0.5) is 0 Å². The maximum Gasteiger partial charge on any atom is 0.472 e. The lowest BCUT2D eigenvalue weighted by atomic mass is 10.1. The first-order valence-electron chi connectivity index (χ1n) is 38.1. The number of rotatable bonds is 70. The number of unbranched alkanes of at least 4 members (excludes halogenated alkanes) is 20. The molecule has 0 aromatic carbocycles. The monoisotopic (exact) mass is 1440 g/mol. The number of phosphoric acid groups is 2. The van der Waals surface area contributed by atoms with Gasteiger partial charge in [-0.2, -0.15) is 0 Å². The molecule has 0 aliphatic heterocycles. The van der Waals surface area contributed by atoms with E-state index in [1.807, 2.05) is 12.2 Å². The Morgan fingerprint density at radius 3 is 0.890 bits per heavy atom. The molecule has 0 aliphatic rings. The number of hydrogen-bond donors (Lipinski definition) is 3. The molecule has 5 atom stereocenters. The van der Waals surface area contributed by atoms with Gasteiger partial charge in [-0.15, -0.1) is 0 Å². The number of carbonyl (C=O) groups excluding carboxylic acids is 4. The zero-order chi connectivity index (χ0) is 73.2. The topological polar surface area (TPSA) is 237 Å². The summed E-state index contributed by atoms with van der Waals surface area (Å²) in [5.41, 5.74) is 0. The summed E-state index contributed by atoms with van der Waals surface area (Å²) in [7, 11) is -9.98. The highest BCUT2D eigenvalue weighted by molar-refractivity contribution is 7.47. The molecular formula is C81H134O17P2. The van der Waals surface area contributed by atoms with Gasteiger partial charge in [-0.1, -0.05) is 257 Å².